The summed E-state index contributed by atoms with van der Waals surface area (Å²) in [5.41, 5.74) is 3.27. The second-order valence-corrected chi connectivity index (χ2v) is 8.60. The molecule has 6 nitrogen and oxygen atoms in total. The van der Waals surface area contributed by atoms with Crippen LogP contribution in [0.15, 0.2) is 23.2 Å². The number of ether oxygens (including phenoxy) is 1. The van der Waals surface area contributed by atoms with Crippen LogP contribution in [0.2, 0.25) is 0 Å². The van der Waals surface area contributed by atoms with Crippen molar-refractivity contribution in [2.45, 2.75) is 57.6 Å². The molecule has 1 aromatic carbocycles. The Morgan fingerprint density at radius 2 is 2.15 bits per heavy atom. The van der Waals surface area contributed by atoms with Gasteiger partial charge in [-0.05, 0) is 64.3 Å². The summed E-state index contributed by atoms with van der Waals surface area (Å²) in [6, 6.07) is 5.54. The largest absolute Gasteiger partial charge is 0.459 e. The minimum Gasteiger partial charge on any atom is -0.459 e. The van der Waals surface area contributed by atoms with Crippen LogP contribution in [0.4, 0.5) is 5.69 Å². The number of likely N-dealkylation sites (tertiary alicyclic amines) is 1. The Bertz CT molecular complexity index is 809. The van der Waals surface area contributed by atoms with E-state index in [4.69, 9.17) is 9.73 Å². The number of hydrogen-bond donors (Lipinski definition) is 1. The molecule has 0 aliphatic carbocycles. The molecule has 0 bridgehead atoms. The van der Waals surface area contributed by atoms with E-state index >= 15 is 0 Å². The summed E-state index contributed by atoms with van der Waals surface area (Å²) >= 11 is 0. The van der Waals surface area contributed by atoms with E-state index in [1.807, 2.05) is 39.0 Å². The third kappa shape index (κ3) is 3.50. The maximum atomic E-state index is 12.6. The Labute approximate surface area is 160 Å². The van der Waals surface area contributed by atoms with E-state index < -0.39 is 5.60 Å². The van der Waals surface area contributed by atoms with E-state index in [-0.39, 0.29) is 23.8 Å². The predicted molar refractivity (Wildman–Crippen MR) is 104 cm³/mol. The number of nitrogens with one attached hydrogen (secondary N) is 1. The summed E-state index contributed by atoms with van der Waals surface area (Å²) in [6.07, 6.45) is 2.66. The van der Waals surface area contributed by atoms with Crippen LogP contribution in [0.3, 0.4) is 0 Å². The second-order valence-electron chi connectivity index (χ2n) is 8.60. The van der Waals surface area contributed by atoms with Crippen molar-refractivity contribution in [3.05, 3.63) is 29.3 Å². The standard InChI is InChI=1S/C21H27N3O3/c1-21(2,3)27-20(26)17-8-5-11-24(17)12-16-13-9-10-22-19(25)14-6-4-7-15(23-16)18(13)14/h4,6-7,13,17H,5,8-12H2,1-3H3,(H,22,25)/t13?,17-/m0/s1. The van der Waals surface area contributed by atoms with Gasteiger partial charge in [-0.2, -0.15) is 0 Å². The van der Waals surface area contributed by atoms with E-state index in [0.717, 1.165) is 48.3 Å². The highest BCUT2D eigenvalue weighted by Crippen LogP contribution is 2.41. The third-order valence-corrected chi connectivity index (χ3v) is 5.47. The lowest BCUT2D eigenvalue weighted by Gasteiger charge is -2.28. The van der Waals surface area contributed by atoms with Gasteiger partial charge in [0.25, 0.3) is 5.91 Å². The number of hydrogen-bond acceptors (Lipinski definition) is 5. The van der Waals surface area contributed by atoms with Crippen LogP contribution in [0.1, 0.15) is 61.9 Å². The zero-order valence-corrected chi connectivity index (χ0v) is 16.2. The summed E-state index contributed by atoms with van der Waals surface area (Å²) in [5, 5.41) is 2.98. The first kappa shape index (κ1) is 18.2. The van der Waals surface area contributed by atoms with E-state index in [0.29, 0.717) is 13.1 Å². The first-order valence-corrected chi connectivity index (χ1v) is 9.79. The van der Waals surface area contributed by atoms with Crippen molar-refractivity contribution in [1.29, 1.82) is 0 Å². The average molecular weight is 369 g/mol. The molecule has 0 saturated carbocycles. The Morgan fingerprint density at radius 1 is 1.33 bits per heavy atom. The van der Waals surface area contributed by atoms with Gasteiger partial charge in [0, 0.05) is 30.3 Å². The highest BCUT2D eigenvalue weighted by Gasteiger charge is 2.38. The molecule has 1 unspecified atom stereocenters. The molecule has 0 aromatic heterocycles. The number of carbonyl (C=O) groups excluding carboxylic acids is 2. The summed E-state index contributed by atoms with van der Waals surface area (Å²) in [7, 11) is 0. The molecule has 1 N–H and O–H groups in total. The number of benzene rings is 1. The first-order valence-electron chi connectivity index (χ1n) is 9.79. The summed E-state index contributed by atoms with van der Waals surface area (Å²) in [5.74, 6) is -0.0110. The fourth-order valence-electron chi connectivity index (χ4n) is 4.36. The number of aliphatic imine (C=N–C) groups is 1. The van der Waals surface area contributed by atoms with Gasteiger partial charge < -0.3 is 10.1 Å². The number of amides is 1. The Hall–Kier alpha value is -2.21. The normalized spacial score (nSPS) is 24.9. The lowest BCUT2D eigenvalue weighted by Crippen LogP contribution is -2.43. The zero-order chi connectivity index (χ0) is 19.2. The van der Waals surface area contributed by atoms with Gasteiger partial charge in [0.05, 0.1) is 5.69 Å². The molecular weight excluding hydrogens is 342 g/mol. The highest BCUT2D eigenvalue weighted by molar-refractivity contribution is 6.06. The molecule has 2 atom stereocenters. The summed E-state index contributed by atoms with van der Waals surface area (Å²) < 4.78 is 5.62. The highest BCUT2D eigenvalue weighted by atomic mass is 16.6. The van der Waals surface area contributed by atoms with Crippen LogP contribution >= 0.6 is 0 Å². The van der Waals surface area contributed by atoms with Crippen molar-refractivity contribution in [2.24, 2.45) is 4.99 Å². The Morgan fingerprint density at radius 3 is 2.93 bits per heavy atom. The number of nitrogens with zero attached hydrogens (tertiary/aromatic N) is 2. The van der Waals surface area contributed by atoms with Crippen molar-refractivity contribution >= 4 is 23.3 Å². The van der Waals surface area contributed by atoms with Crippen molar-refractivity contribution in [2.75, 3.05) is 19.6 Å². The zero-order valence-electron chi connectivity index (χ0n) is 16.2. The van der Waals surface area contributed by atoms with E-state index in [9.17, 15) is 9.59 Å². The van der Waals surface area contributed by atoms with Gasteiger partial charge >= 0.3 is 5.97 Å². The van der Waals surface area contributed by atoms with Crippen LogP contribution in [0.25, 0.3) is 0 Å². The van der Waals surface area contributed by atoms with Gasteiger partial charge in [-0.15, -0.1) is 0 Å². The van der Waals surface area contributed by atoms with Gasteiger partial charge in [-0.3, -0.25) is 19.5 Å². The van der Waals surface area contributed by atoms with Gasteiger partial charge in [0.1, 0.15) is 11.6 Å². The van der Waals surface area contributed by atoms with E-state index in [1.54, 1.807) is 0 Å². The number of carbonyl (C=O) groups is 2. The fourth-order valence-corrected chi connectivity index (χ4v) is 4.36. The Kier molecular flexibility index (Phi) is 4.54. The minimum atomic E-state index is -0.478. The average Bonchev–Trinajstić information content (AvgIpc) is 3.13. The van der Waals surface area contributed by atoms with Crippen molar-refractivity contribution in [1.82, 2.24) is 10.2 Å². The van der Waals surface area contributed by atoms with Crippen LogP contribution in [-0.2, 0) is 9.53 Å². The van der Waals surface area contributed by atoms with Crippen molar-refractivity contribution in [3.8, 4) is 0 Å². The SMILES string of the molecule is CC(C)(C)OC(=O)[C@@H]1CCCN1CC1=Nc2cccc3c2C1CCNC3=O. The van der Waals surface area contributed by atoms with Gasteiger partial charge in [-0.1, -0.05) is 6.07 Å². The lowest BCUT2D eigenvalue weighted by atomic mass is 9.89. The summed E-state index contributed by atoms with van der Waals surface area (Å²) in [4.78, 5) is 32.0. The van der Waals surface area contributed by atoms with Gasteiger partial charge in [0.2, 0.25) is 0 Å². The molecule has 144 valence electrons. The van der Waals surface area contributed by atoms with Crippen molar-refractivity contribution < 1.29 is 14.3 Å². The molecule has 1 saturated heterocycles. The monoisotopic (exact) mass is 369 g/mol. The van der Waals surface area contributed by atoms with E-state index in [1.165, 1.54) is 0 Å². The van der Waals surface area contributed by atoms with Gasteiger partial charge in [-0.25, -0.2) is 0 Å². The molecule has 27 heavy (non-hydrogen) atoms. The van der Waals surface area contributed by atoms with Crippen LogP contribution in [-0.4, -0.2) is 53.8 Å². The molecule has 0 radical (unpaired) electrons. The fraction of sp³-hybridized carbons (Fsp3) is 0.571. The first-order chi connectivity index (χ1) is 12.8. The van der Waals surface area contributed by atoms with Crippen LogP contribution in [0, 0.1) is 0 Å². The van der Waals surface area contributed by atoms with Crippen LogP contribution in [0.5, 0.6) is 0 Å². The molecule has 1 fully saturated rings. The quantitative estimate of drug-likeness (QED) is 0.832. The third-order valence-electron chi connectivity index (χ3n) is 5.47. The van der Waals surface area contributed by atoms with E-state index in [2.05, 4.69) is 10.2 Å². The Balaban J connectivity index is 1.55. The van der Waals surface area contributed by atoms with Crippen LogP contribution < -0.4 is 5.32 Å². The molecular formula is C21H27N3O3. The molecule has 3 aliphatic rings. The van der Waals surface area contributed by atoms with Crippen molar-refractivity contribution in [3.63, 3.8) is 0 Å². The lowest BCUT2D eigenvalue weighted by molar-refractivity contribution is -0.160. The van der Waals surface area contributed by atoms with Gasteiger partial charge in [0.15, 0.2) is 0 Å². The number of rotatable bonds is 3. The minimum absolute atomic E-state index is 0.0152. The topological polar surface area (TPSA) is 71.0 Å². The maximum absolute atomic E-state index is 12.6. The molecule has 1 amide bonds. The molecule has 1 aromatic rings. The predicted octanol–water partition coefficient (Wildman–Crippen LogP) is 2.80. The molecule has 6 heteroatoms. The molecule has 3 heterocycles. The maximum Gasteiger partial charge on any atom is 0.323 e. The smallest absolute Gasteiger partial charge is 0.323 e. The molecule has 0 spiro atoms. The molecule has 4 rings (SSSR count). The number of esters is 1. The molecule has 3 aliphatic heterocycles. The summed E-state index contributed by atoms with van der Waals surface area (Å²) in [6.45, 7) is 7.87. The second kappa shape index (κ2) is 6.75.